The summed E-state index contributed by atoms with van der Waals surface area (Å²) in [6, 6.07) is 9.72. The summed E-state index contributed by atoms with van der Waals surface area (Å²) >= 11 is 5.86. The molecule has 0 saturated heterocycles. The van der Waals surface area contributed by atoms with Gasteiger partial charge in [-0.1, -0.05) is 23.7 Å². The van der Waals surface area contributed by atoms with E-state index in [4.69, 9.17) is 16.3 Å². The predicted molar refractivity (Wildman–Crippen MR) is 78.4 cm³/mol. The first kappa shape index (κ1) is 14.4. The van der Waals surface area contributed by atoms with Gasteiger partial charge in [0, 0.05) is 11.1 Å². The number of halogens is 3. The number of nitrogens with zero attached hydrogens (tertiary/aromatic N) is 1. The highest BCUT2D eigenvalue weighted by Gasteiger charge is 2.26. The molecule has 1 heterocycles. The molecule has 2 aromatic rings. The maximum atomic E-state index is 13.7. The van der Waals surface area contributed by atoms with Gasteiger partial charge in [0.15, 0.2) is 5.70 Å². The van der Waals surface area contributed by atoms with Crippen molar-refractivity contribution in [3.05, 3.63) is 75.9 Å². The second kappa shape index (κ2) is 5.69. The molecule has 0 bridgehead atoms. The number of hydrogen-bond acceptors (Lipinski definition) is 3. The van der Waals surface area contributed by atoms with E-state index in [1.54, 1.807) is 24.3 Å². The SMILES string of the molecule is O=C1OC(c2ccc(F)cc2F)=N/C1=C\c1cccc(Cl)c1. The van der Waals surface area contributed by atoms with Gasteiger partial charge >= 0.3 is 5.97 Å². The van der Waals surface area contributed by atoms with E-state index < -0.39 is 17.6 Å². The number of esters is 1. The molecule has 0 radical (unpaired) electrons. The lowest BCUT2D eigenvalue weighted by atomic mass is 10.2. The van der Waals surface area contributed by atoms with E-state index in [0.717, 1.165) is 6.07 Å². The van der Waals surface area contributed by atoms with Crippen LogP contribution in [0, 0.1) is 11.6 Å². The molecule has 3 rings (SSSR count). The van der Waals surface area contributed by atoms with Gasteiger partial charge in [-0.3, -0.25) is 0 Å². The Bertz CT molecular complexity index is 831. The number of carbonyl (C=O) groups is 1. The maximum Gasteiger partial charge on any atom is 0.363 e. The molecule has 3 nitrogen and oxygen atoms in total. The molecule has 1 aliphatic rings. The Morgan fingerprint density at radius 2 is 1.95 bits per heavy atom. The summed E-state index contributed by atoms with van der Waals surface area (Å²) in [5, 5.41) is 0.509. The monoisotopic (exact) mass is 319 g/mol. The second-order valence-electron chi connectivity index (χ2n) is 4.52. The third-order valence-electron chi connectivity index (χ3n) is 2.93. The summed E-state index contributed by atoms with van der Waals surface area (Å²) in [4.78, 5) is 15.7. The van der Waals surface area contributed by atoms with Gasteiger partial charge < -0.3 is 4.74 Å². The molecule has 0 N–H and O–H groups in total. The Kier molecular flexibility index (Phi) is 3.73. The maximum absolute atomic E-state index is 13.7. The minimum atomic E-state index is -0.851. The van der Waals surface area contributed by atoms with E-state index in [-0.39, 0.29) is 17.2 Å². The Hall–Kier alpha value is -2.53. The number of ether oxygens (including phenoxy) is 1. The summed E-state index contributed by atoms with van der Waals surface area (Å²) in [5.41, 5.74) is 0.592. The molecule has 0 amide bonds. The van der Waals surface area contributed by atoms with Crippen LogP contribution in [0.3, 0.4) is 0 Å². The van der Waals surface area contributed by atoms with Crippen molar-refractivity contribution in [2.75, 3.05) is 0 Å². The molecule has 110 valence electrons. The van der Waals surface area contributed by atoms with Gasteiger partial charge in [-0.05, 0) is 35.9 Å². The van der Waals surface area contributed by atoms with E-state index >= 15 is 0 Å². The van der Waals surface area contributed by atoms with Crippen LogP contribution in [0.4, 0.5) is 8.78 Å². The van der Waals surface area contributed by atoms with Crippen LogP contribution >= 0.6 is 11.6 Å². The molecule has 2 aromatic carbocycles. The van der Waals surface area contributed by atoms with Gasteiger partial charge in [-0.25, -0.2) is 18.6 Å². The third kappa shape index (κ3) is 2.89. The first-order valence-electron chi connectivity index (χ1n) is 6.26. The molecule has 1 aliphatic heterocycles. The number of hydrogen-bond donors (Lipinski definition) is 0. The third-order valence-corrected chi connectivity index (χ3v) is 3.17. The van der Waals surface area contributed by atoms with Crippen molar-refractivity contribution >= 4 is 29.5 Å². The molecule has 0 atom stereocenters. The van der Waals surface area contributed by atoms with Crippen LogP contribution in [0.5, 0.6) is 0 Å². The van der Waals surface area contributed by atoms with Crippen molar-refractivity contribution in [1.29, 1.82) is 0 Å². The number of aliphatic imine (C=N–C) groups is 1. The molecule has 0 fully saturated rings. The average molecular weight is 320 g/mol. The van der Waals surface area contributed by atoms with Gasteiger partial charge in [-0.2, -0.15) is 0 Å². The lowest BCUT2D eigenvalue weighted by Gasteiger charge is -2.00. The highest BCUT2D eigenvalue weighted by atomic mass is 35.5. The molecular weight excluding hydrogens is 312 g/mol. The van der Waals surface area contributed by atoms with Crippen molar-refractivity contribution in [3.8, 4) is 0 Å². The number of rotatable bonds is 2. The fraction of sp³-hybridized carbons (Fsp3) is 0. The standard InChI is InChI=1S/C16H8ClF2NO2/c17-10-3-1-2-9(6-10)7-14-16(21)22-15(20-14)12-5-4-11(18)8-13(12)19/h1-8H/b14-7-. The van der Waals surface area contributed by atoms with Crippen molar-refractivity contribution in [2.24, 2.45) is 4.99 Å². The first-order valence-corrected chi connectivity index (χ1v) is 6.64. The Morgan fingerprint density at radius 3 is 2.68 bits per heavy atom. The number of benzene rings is 2. The minimum Gasteiger partial charge on any atom is -0.402 e. The van der Waals surface area contributed by atoms with Crippen LogP contribution < -0.4 is 0 Å². The van der Waals surface area contributed by atoms with E-state index in [9.17, 15) is 13.6 Å². The highest BCUT2D eigenvalue weighted by molar-refractivity contribution is 6.30. The smallest absolute Gasteiger partial charge is 0.363 e. The molecule has 6 heteroatoms. The summed E-state index contributed by atoms with van der Waals surface area (Å²) < 4.78 is 31.5. The van der Waals surface area contributed by atoms with Crippen LogP contribution in [-0.2, 0) is 9.53 Å². The Morgan fingerprint density at radius 1 is 1.14 bits per heavy atom. The fourth-order valence-electron chi connectivity index (χ4n) is 1.94. The summed E-state index contributed by atoms with van der Waals surface area (Å²) in [7, 11) is 0. The van der Waals surface area contributed by atoms with Crippen molar-refractivity contribution in [2.45, 2.75) is 0 Å². The van der Waals surface area contributed by atoms with Gasteiger partial charge in [-0.15, -0.1) is 0 Å². The largest absolute Gasteiger partial charge is 0.402 e. The molecule has 0 spiro atoms. The molecule has 22 heavy (non-hydrogen) atoms. The molecule has 0 aliphatic carbocycles. The lowest BCUT2D eigenvalue weighted by molar-refractivity contribution is -0.129. The van der Waals surface area contributed by atoms with E-state index in [1.807, 2.05) is 0 Å². The second-order valence-corrected chi connectivity index (χ2v) is 4.95. The zero-order chi connectivity index (χ0) is 15.7. The van der Waals surface area contributed by atoms with E-state index in [2.05, 4.69) is 4.99 Å². The van der Waals surface area contributed by atoms with Crippen molar-refractivity contribution in [3.63, 3.8) is 0 Å². The van der Waals surface area contributed by atoms with Crippen LogP contribution in [0.1, 0.15) is 11.1 Å². The molecule has 0 aromatic heterocycles. The van der Waals surface area contributed by atoms with Crippen LogP contribution in [0.25, 0.3) is 6.08 Å². The first-order chi connectivity index (χ1) is 10.5. The molecule has 0 unspecified atom stereocenters. The summed E-state index contributed by atoms with van der Waals surface area (Å²) in [5.74, 6) is -2.48. The topological polar surface area (TPSA) is 38.7 Å². The fourth-order valence-corrected chi connectivity index (χ4v) is 2.14. The average Bonchev–Trinajstić information content (AvgIpc) is 2.80. The highest BCUT2D eigenvalue weighted by Crippen LogP contribution is 2.22. The minimum absolute atomic E-state index is 0.0148. The molecule has 0 saturated carbocycles. The van der Waals surface area contributed by atoms with Gasteiger partial charge in [0.25, 0.3) is 0 Å². The predicted octanol–water partition coefficient (Wildman–Crippen LogP) is 3.96. The molecular formula is C16H8ClF2NO2. The summed E-state index contributed by atoms with van der Waals surface area (Å²) in [6.07, 6.45) is 1.47. The van der Waals surface area contributed by atoms with Gasteiger partial charge in [0.1, 0.15) is 11.6 Å². The number of cyclic esters (lactones) is 1. The van der Waals surface area contributed by atoms with Crippen LogP contribution in [0.15, 0.2) is 53.2 Å². The number of carbonyl (C=O) groups excluding carboxylic acids is 1. The van der Waals surface area contributed by atoms with E-state index in [1.165, 1.54) is 12.1 Å². The normalized spacial score (nSPS) is 15.9. The zero-order valence-corrected chi connectivity index (χ0v) is 11.8. The van der Waals surface area contributed by atoms with Crippen molar-refractivity contribution in [1.82, 2.24) is 0 Å². The summed E-state index contributed by atoms with van der Waals surface area (Å²) in [6.45, 7) is 0. The quantitative estimate of drug-likeness (QED) is 0.620. The van der Waals surface area contributed by atoms with Crippen molar-refractivity contribution < 1.29 is 18.3 Å². The Labute approximate surface area is 129 Å². The van der Waals surface area contributed by atoms with Gasteiger partial charge in [0.2, 0.25) is 5.90 Å². The lowest BCUT2D eigenvalue weighted by Crippen LogP contribution is -2.07. The zero-order valence-electron chi connectivity index (χ0n) is 11.0. The van der Waals surface area contributed by atoms with Gasteiger partial charge in [0.05, 0.1) is 5.56 Å². The van der Waals surface area contributed by atoms with Crippen LogP contribution in [0.2, 0.25) is 5.02 Å². The van der Waals surface area contributed by atoms with E-state index in [0.29, 0.717) is 16.7 Å². The Balaban J connectivity index is 1.98. The van der Waals surface area contributed by atoms with Crippen LogP contribution in [-0.4, -0.2) is 11.9 Å².